The monoisotopic (exact) mass is 328 g/mol. The molecule has 1 aliphatic rings. The Morgan fingerprint density at radius 3 is 2.75 bits per heavy atom. The van der Waals surface area contributed by atoms with Gasteiger partial charge in [-0.15, -0.1) is 0 Å². The summed E-state index contributed by atoms with van der Waals surface area (Å²) in [5.41, 5.74) is 1.78. The van der Waals surface area contributed by atoms with Gasteiger partial charge in [0.15, 0.2) is 0 Å². The molecular formula is C19H21FN2O2. The van der Waals surface area contributed by atoms with Gasteiger partial charge in [0.1, 0.15) is 5.82 Å². The average molecular weight is 328 g/mol. The Morgan fingerprint density at radius 1 is 1.21 bits per heavy atom. The molecule has 1 atom stereocenters. The van der Waals surface area contributed by atoms with E-state index in [1.807, 2.05) is 18.2 Å². The van der Waals surface area contributed by atoms with E-state index in [0.29, 0.717) is 18.2 Å². The third kappa shape index (κ3) is 3.97. The van der Waals surface area contributed by atoms with Crippen molar-refractivity contribution in [3.63, 3.8) is 0 Å². The first-order chi connectivity index (χ1) is 11.6. The molecule has 0 bridgehead atoms. The van der Waals surface area contributed by atoms with Gasteiger partial charge in [-0.05, 0) is 49.9 Å². The molecule has 1 saturated heterocycles. The van der Waals surface area contributed by atoms with Gasteiger partial charge in [0.05, 0.1) is 4.92 Å². The summed E-state index contributed by atoms with van der Waals surface area (Å²) >= 11 is 0. The van der Waals surface area contributed by atoms with Crippen molar-refractivity contribution in [2.75, 3.05) is 6.54 Å². The molecule has 0 radical (unpaired) electrons. The van der Waals surface area contributed by atoms with E-state index in [9.17, 15) is 14.5 Å². The largest absolute Gasteiger partial charge is 0.296 e. The Morgan fingerprint density at radius 2 is 2.00 bits per heavy atom. The predicted molar refractivity (Wildman–Crippen MR) is 91.2 cm³/mol. The van der Waals surface area contributed by atoms with Gasteiger partial charge in [0.25, 0.3) is 5.69 Å². The molecule has 1 aliphatic heterocycles. The number of hydrogen-bond acceptors (Lipinski definition) is 3. The van der Waals surface area contributed by atoms with Crippen LogP contribution in [-0.4, -0.2) is 22.4 Å². The van der Waals surface area contributed by atoms with E-state index in [1.165, 1.54) is 17.7 Å². The second-order valence-electron chi connectivity index (χ2n) is 6.32. The zero-order valence-corrected chi connectivity index (χ0v) is 13.5. The van der Waals surface area contributed by atoms with E-state index >= 15 is 0 Å². The fourth-order valence-electron chi connectivity index (χ4n) is 3.49. The number of nitrogens with zero attached hydrogens (tertiary/aromatic N) is 2. The second-order valence-corrected chi connectivity index (χ2v) is 6.32. The molecule has 0 spiro atoms. The molecule has 0 saturated carbocycles. The number of rotatable bonds is 6. The molecule has 1 unspecified atom stereocenters. The lowest BCUT2D eigenvalue weighted by molar-refractivity contribution is -0.385. The molecule has 0 aromatic heterocycles. The van der Waals surface area contributed by atoms with Gasteiger partial charge in [0, 0.05) is 24.2 Å². The third-order valence-corrected chi connectivity index (χ3v) is 4.72. The van der Waals surface area contributed by atoms with Gasteiger partial charge < -0.3 is 0 Å². The van der Waals surface area contributed by atoms with Crippen molar-refractivity contribution < 1.29 is 9.31 Å². The van der Waals surface area contributed by atoms with Gasteiger partial charge >= 0.3 is 0 Å². The summed E-state index contributed by atoms with van der Waals surface area (Å²) in [5.74, 6) is -0.421. The maximum atomic E-state index is 13.5. The van der Waals surface area contributed by atoms with E-state index in [-0.39, 0.29) is 5.69 Å². The summed E-state index contributed by atoms with van der Waals surface area (Å²) in [6, 6.07) is 14.4. The predicted octanol–water partition coefficient (Wildman–Crippen LogP) is 4.33. The van der Waals surface area contributed by atoms with Gasteiger partial charge in [-0.1, -0.05) is 30.3 Å². The van der Waals surface area contributed by atoms with Crippen LogP contribution in [0.25, 0.3) is 0 Å². The fraction of sp³-hybridized carbons (Fsp3) is 0.368. The Hall–Kier alpha value is -2.27. The van der Waals surface area contributed by atoms with E-state index in [4.69, 9.17) is 0 Å². The number of halogens is 1. The van der Waals surface area contributed by atoms with Crippen molar-refractivity contribution in [3.05, 3.63) is 75.6 Å². The Kier molecular flexibility index (Phi) is 5.20. The van der Waals surface area contributed by atoms with Gasteiger partial charge in [0.2, 0.25) is 0 Å². The molecule has 2 aromatic carbocycles. The Balaban J connectivity index is 1.68. The summed E-state index contributed by atoms with van der Waals surface area (Å²) in [6.07, 6.45) is 4.19. The number of benzene rings is 2. The third-order valence-electron chi connectivity index (χ3n) is 4.72. The molecule has 24 heavy (non-hydrogen) atoms. The van der Waals surface area contributed by atoms with Crippen molar-refractivity contribution in [1.29, 1.82) is 0 Å². The van der Waals surface area contributed by atoms with Gasteiger partial charge in [-0.2, -0.15) is 0 Å². The van der Waals surface area contributed by atoms with Crippen molar-refractivity contribution in [1.82, 2.24) is 4.90 Å². The maximum Gasteiger partial charge on any atom is 0.274 e. The SMILES string of the molecule is O=[N+]([O-])c1ccc(F)cc1CN1CCCC1CCc1ccccc1. The highest BCUT2D eigenvalue weighted by atomic mass is 19.1. The van der Waals surface area contributed by atoms with Crippen molar-refractivity contribution >= 4 is 5.69 Å². The van der Waals surface area contributed by atoms with Crippen LogP contribution >= 0.6 is 0 Å². The van der Waals surface area contributed by atoms with Crippen LogP contribution in [0, 0.1) is 15.9 Å². The minimum atomic E-state index is -0.427. The van der Waals surface area contributed by atoms with Crippen molar-refractivity contribution in [2.45, 2.75) is 38.3 Å². The smallest absolute Gasteiger partial charge is 0.274 e. The number of nitro benzene ring substituents is 1. The van der Waals surface area contributed by atoms with Crippen LogP contribution in [-0.2, 0) is 13.0 Å². The summed E-state index contributed by atoms with van der Waals surface area (Å²) in [5, 5.41) is 11.2. The molecule has 5 heteroatoms. The Labute approximate surface area is 141 Å². The molecule has 126 valence electrons. The minimum Gasteiger partial charge on any atom is -0.296 e. The molecule has 2 aromatic rings. The number of hydrogen-bond donors (Lipinski definition) is 0. The van der Waals surface area contributed by atoms with E-state index in [0.717, 1.165) is 38.3 Å². The first kappa shape index (κ1) is 16.6. The summed E-state index contributed by atoms with van der Waals surface area (Å²) in [6.45, 7) is 1.35. The molecular weight excluding hydrogens is 307 g/mol. The maximum absolute atomic E-state index is 13.5. The second kappa shape index (κ2) is 7.53. The van der Waals surface area contributed by atoms with Crippen molar-refractivity contribution in [3.8, 4) is 0 Å². The van der Waals surface area contributed by atoms with Crippen molar-refractivity contribution in [2.24, 2.45) is 0 Å². The zero-order valence-electron chi connectivity index (χ0n) is 13.5. The van der Waals surface area contributed by atoms with Gasteiger partial charge in [-0.3, -0.25) is 15.0 Å². The summed E-state index contributed by atoms with van der Waals surface area (Å²) in [7, 11) is 0. The van der Waals surface area contributed by atoms with Crippen LogP contribution in [0.15, 0.2) is 48.5 Å². The first-order valence-electron chi connectivity index (χ1n) is 8.34. The number of nitro groups is 1. The highest BCUT2D eigenvalue weighted by Crippen LogP contribution is 2.27. The lowest BCUT2D eigenvalue weighted by Gasteiger charge is -2.24. The fourth-order valence-corrected chi connectivity index (χ4v) is 3.49. The molecule has 4 nitrogen and oxygen atoms in total. The lowest BCUT2D eigenvalue weighted by Crippen LogP contribution is -2.29. The first-order valence-corrected chi connectivity index (χ1v) is 8.34. The molecule has 0 aliphatic carbocycles. The van der Waals surface area contributed by atoms with Crippen LogP contribution in [0.2, 0.25) is 0 Å². The lowest BCUT2D eigenvalue weighted by atomic mass is 10.0. The van der Waals surface area contributed by atoms with Gasteiger partial charge in [-0.25, -0.2) is 4.39 Å². The molecule has 1 fully saturated rings. The van der Waals surface area contributed by atoms with E-state index < -0.39 is 10.7 Å². The highest BCUT2D eigenvalue weighted by Gasteiger charge is 2.26. The number of aryl methyl sites for hydroxylation is 1. The topological polar surface area (TPSA) is 46.4 Å². The average Bonchev–Trinajstić information content (AvgIpc) is 3.01. The van der Waals surface area contributed by atoms with Crippen LogP contribution in [0.5, 0.6) is 0 Å². The van der Waals surface area contributed by atoms with Crippen LogP contribution in [0.3, 0.4) is 0 Å². The summed E-state index contributed by atoms with van der Waals surface area (Å²) < 4.78 is 13.5. The standard InChI is InChI=1S/C19H21FN2O2/c20-17-9-11-19(22(23)24)16(13-17)14-21-12-4-7-18(21)10-8-15-5-2-1-3-6-15/h1-3,5-6,9,11,13,18H,4,7-8,10,12,14H2. The van der Waals surface area contributed by atoms with Crippen LogP contribution < -0.4 is 0 Å². The quantitative estimate of drug-likeness (QED) is 0.585. The van der Waals surface area contributed by atoms with E-state index in [1.54, 1.807) is 0 Å². The Bertz CT molecular complexity index is 706. The summed E-state index contributed by atoms with van der Waals surface area (Å²) in [4.78, 5) is 13.0. The number of likely N-dealkylation sites (tertiary alicyclic amines) is 1. The molecule has 3 rings (SSSR count). The molecule has 0 N–H and O–H groups in total. The highest BCUT2D eigenvalue weighted by molar-refractivity contribution is 5.40. The van der Waals surface area contributed by atoms with Crippen LogP contribution in [0.4, 0.5) is 10.1 Å². The minimum absolute atomic E-state index is 0.00473. The molecule has 1 heterocycles. The normalized spacial score (nSPS) is 18.0. The van der Waals surface area contributed by atoms with E-state index in [2.05, 4.69) is 17.0 Å². The molecule has 0 amide bonds. The zero-order chi connectivity index (χ0) is 16.9. The van der Waals surface area contributed by atoms with Crippen LogP contribution in [0.1, 0.15) is 30.4 Å².